The van der Waals surface area contributed by atoms with Gasteiger partial charge in [0.2, 0.25) is 0 Å². The fourth-order valence-electron chi connectivity index (χ4n) is 0. The molecular formula is C10H19FeN2O8. The number of carbonyl (C=O) groups is 4. The van der Waals surface area contributed by atoms with Gasteiger partial charge >= 0.3 is 17.1 Å². The van der Waals surface area contributed by atoms with Crippen LogP contribution in [0.5, 0.6) is 0 Å². The summed E-state index contributed by atoms with van der Waals surface area (Å²) in [4.78, 5) is 35.6. The normalized spacial score (nSPS) is 6.00. The summed E-state index contributed by atoms with van der Waals surface area (Å²) in [5.41, 5.74) is 11.2. The molecule has 0 aliphatic heterocycles. The van der Waals surface area contributed by atoms with Crippen LogP contribution in [-0.2, 0) is 36.2 Å². The number of carboxylic acid groups (broad SMARTS) is 4. The van der Waals surface area contributed by atoms with E-state index in [0.717, 1.165) is 0 Å². The molecule has 0 heterocycles. The Morgan fingerprint density at radius 2 is 0.810 bits per heavy atom. The van der Waals surface area contributed by atoms with E-state index in [1.54, 1.807) is 0 Å². The molecule has 125 valence electrons. The number of aliphatic carboxylic acids is 4. The van der Waals surface area contributed by atoms with Crippen LogP contribution in [0, 0.1) is 27.7 Å². The Labute approximate surface area is 133 Å². The molecule has 0 saturated heterocycles. The van der Waals surface area contributed by atoms with Gasteiger partial charge in [0.05, 0.1) is 0 Å². The average molecular weight is 351 g/mol. The Hall–Kier alpha value is -2.20. The fraction of sp³-hybridized carbons (Fsp3) is 0.200. The molecule has 10 nitrogen and oxygen atoms in total. The zero-order valence-electron chi connectivity index (χ0n) is 11.1. The van der Waals surface area contributed by atoms with Crippen molar-refractivity contribution in [1.29, 1.82) is 0 Å². The van der Waals surface area contributed by atoms with Crippen LogP contribution < -0.4 is 5.73 Å². The Morgan fingerprint density at radius 1 is 0.762 bits per heavy atom. The fourth-order valence-corrected chi connectivity index (χ4v) is 0. The standard InChI is InChI=1S/C2H7N2.4C2H3O2.Fe/c3-1-2-4;4*1-2(3)4;/h3H,1-2,4H2;4*1H2,(H,3,4);/q5*-1;+5. The molecule has 0 saturated carbocycles. The van der Waals surface area contributed by atoms with Crippen LogP contribution in [0.15, 0.2) is 0 Å². The minimum atomic E-state index is -1.08. The zero-order valence-corrected chi connectivity index (χ0v) is 12.2. The van der Waals surface area contributed by atoms with Gasteiger partial charge < -0.3 is 31.9 Å². The van der Waals surface area contributed by atoms with Crippen molar-refractivity contribution in [3.05, 3.63) is 33.4 Å². The van der Waals surface area contributed by atoms with E-state index in [9.17, 15) is 0 Å². The average Bonchev–Trinajstić information content (AvgIpc) is 2.13. The van der Waals surface area contributed by atoms with Crippen molar-refractivity contribution in [2.24, 2.45) is 5.73 Å². The molecule has 11 heteroatoms. The summed E-state index contributed by atoms with van der Waals surface area (Å²) in [6, 6.07) is 0. The van der Waals surface area contributed by atoms with Crippen LogP contribution in [0.3, 0.4) is 0 Å². The third-order valence-electron chi connectivity index (χ3n) is 0.144. The Bertz CT molecular complexity index is 195. The molecule has 0 atom stereocenters. The quantitative estimate of drug-likeness (QED) is 0.308. The summed E-state index contributed by atoms with van der Waals surface area (Å²) >= 11 is 0. The third-order valence-corrected chi connectivity index (χ3v) is 0.144. The van der Waals surface area contributed by atoms with Gasteiger partial charge in [-0.3, -0.25) is 46.9 Å². The van der Waals surface area contributed by atoms with Crippen molar-refractivity contribution >= 4 is 23.9 Å². The maximum atomic E-state index is 8.89. The first-order valence-electron chi connectivity index (χ1n) is 4.39. The predicted octanol–water partition coefficient (Wildman–Crippen LogP) is -0.385. The number of carboxylic acids is 4. The maximum absolute atomic E-state index is 8.89. The first-order valence-corrected chi connectivity index (χ1v) is 4.39. The van der Waals surface area contributed by atoms with Crippen LogP contribution >= 0.6 is 0 Å². The minimum absolute atomic E-state index is 0. The Balaban J connectivity index is -0.0000000331. The topological polar surface area (TPSA) is 199 Å². The zero-order chi connectivity index (χ0) is 17.7. The number of hydrogen-bond acceptors (Lipinski definition) is 5. The van der Waals surface area contributed by atoms with E-state index in [0.29, 0.717) is 13.1 Å². The summed E-state index contributed by atoms with van der Waals surface area (Å²) in [7, 11) is 0. The second kappa shape index (κ2) is 36.1. The molecule has 0 unspecified atom stereocenters. The minimum Gasteiger partial charge on any atom is -0.676 e. The van der Waals surface area contributed by atoms with Crippen LogP contribution in [0.25, 0.3) is 5.73 Å². The van der Waals surface area contributed by atoms with Gasteiger partial charge in [-0.2, -0.15) is 0 Å². The monoisotopic (exact) mass is 351 g/mol. The van der Waals surface area contributed by atoms with E-state index in [4.69, 9.17) is 51.1 Å². The summed E-state index contributed by atoms with van der Waals surface area (Å²) in [5, 5.41) is 29.2. The van der Waals surface area contributed by atoms with E-state index in [2.05, 4.69) is 27.7 Å². The Morgan fingerprint density at radius 3 is 0.810 bits per heavy atom. The molecule has 0 aromatic rings. The van der Waals surface area contributed by atoms with Gasteiger partial charge in [0.15, 0.2) is 23.9 Å². The third kappa shape index (κ3) is 3080. The molecule has 0 bridgehead atoms. The van der Waals surface area contributed by atoms with Gasteiger partial charge in [-0.15, -0.1) is 6.54 Å². The van der Waals surface area contributed by atoms with Gasteiger partial charge in [-0.1, -0.05) is 0 Å². The van der Waals surface area contributed by atoms with Gasteiger partial charge in [-0.05, 0) is 6.54 Å². The van der Waals surface area contributed by atoms with Crippen LogP contribution in [0.1, 0.15) is 0 Å². The summed E-state index contributed by atoms with van der Waals surface area (Å²) in [5.74, 6) is -4.33. The van der Waals surface area contributed by atoms with E-state index in [1.807, 2.05) is 0 Å². The van der Waals surface area contributed by atoms with Crippen molar-refractivity contribution in [3.8, 4) is 0 Å². The predicted molar refractivity (Wildman–Crippen MR) is 70.2 cm³/mol. The molecule has 0 amide bonds. The largest absolute Gasteiger partial charge is 5.00 e. The van der Waals surface area contributed by atoms with Crippen LogP contribution in [0.4, 0.5) is 0 Å². The molecule has 0 spiro atoms. The Kier molecular flexibility index (Phi) is 62.5. The molecule has 7 N–H and O–H groups in total. The van der Waals surface area contributed by atoms with Gasteiger partial charge in [0, 0.05) is 0 Å². The number of rotatable bonds is 1. The van der Waals surface area contributed by atoms with Crippen molar-refractivity contribution in [3.63, 3.8) is 0 Å². The van der Waals surface area contributed by atoms with E-state index < -0.39 is 23.9 Å². The SMILES string of the molecule is [CH2-]C(=O)O.[CH2-]C(=O)O.[CH2-]C(=O)O.[CH2-]C(=O)O.[Fe+5].[NH-]CCN. The molecule has 0 aliphatic rings. The summed E-state index contributed by atoms with van der Waals surface area (Å²) < 4.78 is 0. The summed E-state index contributed by atoms with van der Waals surface area (Å²) in [6.07, 6.45) is 0. The first kappa shape index (κ1) is 36.4. The number of nitrogens with two attached hydrogens (primary N) is 1. The second-order valence-electron chi connectivity index (χ2n) is 2.11. The van der Waals surface area contributed by atoms with Crippen LogP contribution in [0.2, 0.25) is 0 Å². The molecule has 0 rings (SSSR count). The van der Waals surface area contributed by atoms with Crippen molar-refractivity contribution in [2.45, 2.75) is 0 Å². The smallest absolute Gasteiger partial charge is 0.676 e. The van der Waals surface area contributed by atoms with E-state index in [1.165, 1.54) is 0 Å². The van der Waals surface area contributed by atoms with Crippen molar-refractivity contribution < 1.29 is 56.7 Å². The molecule has 21 heavy (non-hydrogen) atoms. The van der Waals surface area contributed by atoms with Crippen LogP contribution in [-0.4, -0.2) is 57.4 Å². The molecule has 0 fully saturated rings. The molecule has 0 aliphatic carbocycles. The van der Waals surface area contributed by atoms with Gasteiger partial charge in [0.25, 0.3) is 0 Å². The van der Waals surface area contributed by atoms with Gasteiger partial charge in [-0.25, -0.2) is 0 Å². The maximum Gasteiger partial charge on any atom is 5.00 e. The van der Waals surface area contributed by atoms with Gasteiger partial charge in [0.1, 0.15) is 0 Å². The molecular weight excluding hydrogens is 332 g/mol. The van der Waals surface area contributed by atoms with E-state index >= 15 is 0 Å². The van der Waals surface area contributed by atoms with Crippen molar-refractivity contribution in [2.75, 3.05) is 13.1 Å². The molecule has 0 aromatic carbocycles. The number of nitrogens with one attached hydrogen (secondary N) is 1. The summed E-state index contributed by atoms with van der Waals surface area (Å²) in [6.45, 7) is 11.1. The number of hydrogen-bond donors (Lipinski definition) is 5. The second-order valence-corrected chi connectivity index (χ2v) is 2.11. The van der Waals surface area contributed by atoms with E-state index in [-0.39, 0.29) is 17.1 Å². The van der Waals surface area contributed by atoms with Crippen molar-refractivity contribution in [1.82, 2.24) is 0 Å². The molecule has 1 radical (unpaired) electrons. The first-order chi connectivity index (χ1) is 8.84. The molecule has 0 aromatic heterocycles.